The summed E-state index contributed by atoms with van der Waals surface area (Å²) in [6, 6.07) is 9.80. The molecule has 1 aromatic heterocycles. The molecular weight excluding hydrogens is 306 g/mol. The number of carbonyl (C=O) groups excluding carboxylic acids is 1. The molecule has 3 heterocycles. The van der Waals surface area contributed by atoms with Crippen molar-refractivity contribution in [3.63, 3.8) is 0 Å². The SMILES string of the molecule is Cn1cnnc1[C@@H]1CN([C@@H]2CCN(c3ccccc3)C2=O)CCO1. The van der Waals surface area contributed by atoms with Crippen molar-refractivity contribution in [3.05, 3.63) is 42.5 Å². The topological polar surface area (TPSA) is 63.5 Å². The van der Waals surface area contributed by atoms with Gasteiger partial charge < -0.3 is 14.2 Å². The Hall–Kier alpha value is -2.25. The number of benzene rings is 1. The largest absolute Gasteiger partial charge is 0.368 e. The zero-order valence-electron chi connectivity index (χ0n) is 13.7. The quantitative estimate of drug-likeness (QED) is 0.841. The lowest BCUT2D eigenvalue weighted by atomic mass is 10.1. The van der Waals surface area contributed by atoms with E-state index in [0.29, 0.717) is 13.2 Å². The summed E-state index contributed by atoms with van der Waals surface area (Å²) >= 11 is 0. The lowest BCUT2D eigenvalue weighted by Crippen LogP contribution is -2.48. The van der Waals surface area contributed by atoms with Crippen LogP contribution >= 0.6 is 0 Å². The summed E-state index contributed by atoms with van der Waals surface area (Å²) in [5, 5.41) is 8.07. The number of morpholine rings is 1. The van der Waals surface area contributed by atoms with Crippen molar-refractivity contribution in [2.75, 3.05) is 31.1 Å². The van der Waals surface area contributed by atoms with Crippen molar-refractivity contribution in [2.24, 2.45) is 7.05 Å². The number of anilines is 1. The lowest BCUT2D eigenvalue weighted by Gasteiger charge is -2.35. The molecule has 2 atom stereocenters. The first kappa shape index (κ1) is 15.3. The molecule has 24 heavy (non-hydrogen) atoms. The molecule has 2 aromatic rings. The molecule has 2 saturated heterocycles. The third kappa shape index (κ3) is 2.70. The number of rotatable bonds is 3. The first-order valence-electron chi connectivity index (χ1n) is 8.30. The van der Waals surface area contributed by atoms with Crippen LogP contribution in [0, 0.1) is 0 Å². The first-order valence-corrected chi connectivity index (χ1v) is 8.30. The Morgan fingerprint density at radius 1 is 1.21 bits per heavy atom. The van der Waals surface area contributed by atoms with Crippen LogP contribution in [0.3, 0.4) is 0 Å². The number of hydrogen-bond acceptors (Lipinski definition) is 5. The molecule has 2 aliphatic rings. The Balaban J connectivity index is 1.48. The highest BCUT2D eigenvalue weighted by atomic mass is 16.5. The van der Waals surface area contributed by atoms with Crippen molar-refractivity contribution in [1.29, 1.82) is 0 Å². The number of nitrogens with zero attached hydrogens (tertiary/aromatic N) is 5. The second-order valence-corrected chi connectivity index (χ2v) is 6.28. The van der Waals surface area contributed by atoms with E-state index in [1.165, 1.54) is 0 Å². The third-order valence-electron chi connectivity index (χ3n) is 4.82. The molecule has 0 bridgehead atoms. The Morgan fingerprint density at radius 2 is 2.04 bits per heavy atom. The van der Waals surface area contributed by atoms with Crippen LogP contribution in [-0.2, 0) is 16.6 Å². The zero-order chi connectivity index (χ0) is 16.5. The minimum absolute atomic E-state index is 0.0789. The molecule has 2 aliphatic heterocycles. The van der Waals surface area contributed by atoms with Crippen LogP contribution in [0.5, 0.6) is 0 Å². The lowest BCUT2D eigenvalue weighted by molar-refractivity contribution is -0.125. The number of carbonyl (C=O) groups is 1. The molecule has 2 fully saturated rings. The van der Waals surface area contributed by atoms with Gasteiger partial charge in [0.25, 0.3) is 0 Å². The molecule has 0 aliphatic carbocycles. The molecule has 1 aromatic carbocycles. The smallest absolute Gasteiger partial charge is 0.244 e. The molecule has 0 radical (unpaired) electrons. The van der Waals surface area contributed by atoms with E-state index in [9.17, 15) is 4.79 Å². The van der Waals surface area contributed by atoms with Crippen LogP contribution < -0.4 is 4.90 Å². The monoisotopic (exact) mass is 327 g/mol. The molecule has 1 amide bonds. The van der Waals surface area contributed by atoms with Crippen LogP contribution in [0.2, 0.25) is 0 Å². The highest BCUT2D eigenvalue weighted by Crippen LogP contribution is 2.28. The average molecular weight is 327 g/mol. The van der Waals surface area contributed by atoms with E-state index < -0.39 is 0 Å². The van der Waals surface area contributed by atoms with Gasteiger partial charge in [-0.1, -0.05) is 18.2 Å². The van der Waals surface area contributed by atoms with Crippen LogP contribution in [0.1, 0.15) is 18.3 Å². The fourth-order valence-corrected chi connectivity index (χ4v) is 3.56. The first-order chi connectivity index (χ1) is 11.7. The number of para-hydroxylation sites is 1. The highest BCUT2D eigenvalue weighted by Gasteiger charge is 2.39. The molecular formula is C17H21N5O2. The Labute approximate surface area is 140 Å². The van der Waals surface area contributed by atoms with E-state index in [2.05, 4.69) is 15.1 Å². The summed E-state index contributed by atoms with van der Waals surface area (Å²) in [7, 11) is 1.91. The van der Waals surface area contributed by atoms with Gasteiger partial charge in [-0.2, -0.15) is 0 Å². The number of aromatic nitrogens is 3. The van der Waals surface area contributed by atoms with E-state index in [1.54, 1.807) is 6.33 Å². The number of hydrogen-bond donors (Lipinski definition) is 0. The van der Waals surface area contributed by atoms with Crippen molar-refractivity contribution < 1.29 is 9.53 Å². The van der Waals surface area contributed by atoms with Gasteiger partial charge in [0.1, 0.15) is 12.4 Å². The van der Waals surface area contributed by atoms with Crippen molar-refractivity contribution in [3.8, 4) is 0 Å². The Morgan fingerprint density at radius 3 is 2.79 bits per heavy atom. The molecule has 0 spiro atoms. The van der Waals surface area contributed by atoms with E-state index in [0.717, 1.165) is 31.0 Å². The van der Waals surface area contributed by atoms with Gasteiger partial charge in [-0.15, -0.1) is 10.2 Å². The van der Waals surface area contributed by atoms with E-state index in [1.807, 2.05) is 46.8 Å². The van der Waals surface area contributed by atoms with Crippen molar-refractivity contribution in [2.45, 2.75) is 18.6 Å². The maximum Gasteiger partial charge on any atom is 0.244 e. The summed E-state index contributed by atoms with van der Waals surface area (Å²) in [5.41, 5.74) is 0.975. The van der Waals surface area contributed by atoms with E-state index in [-0.39, 0.29) is 18.1 Å². The summed E-state index contributed by atoms with van der Waals surface area (Å²) < 4.78 is 7.73. The number of aryl methyl sites for hydroxylation is 1. The molecule has 126 valence electrons. The molecule has 0 saturated carbocycles. The molecule has 0 N–H and O–H groups in total. The number of ether oxygens (including phenoxy) is 1. The van der Waals surface area contributed by atoms with Gasteiger partial charge in [0.2, 0.25) is 5.91 Å². The van der Waals surface area contributed by atoms with Crippen LogP contribution in [-0.4, -0.2) is 57.9 Å². The minimum Gasteiger partial charge on any atom is -0.368 e. The summed E-state index contributed by atoms with van der Waals surface area (Å²) in [6.07, 6.45) is 2.39. The molecule has 0 unspecified atom stereocenters. The van der Waals surface area contributed by atoms with Gasteiger partial charge in [0.05, 0.1) is 12.6 Å². The van der Waals surface area contributed by atoms with Gasteiger partial charge in [0.15, 0.2) is 5.82 Å². The van der Waals surface area contributed by atoms with E-state index >= 15 is 0 Å². The summed E-state index contributed by atoms with van der Waals surface area (Å²) in [6.45, 7) is 2.81. The predicted octanol–water partition coefficient (Wildman–Crippen LogP) is 0.994. The Bertz CT molecular complexity index is 717. The number of amides is 1. The maximum absolute atomic E-state index is 12.9. The summed E-state index contributed by atoms with van der Waals surface area (Å²) in [4.78, 5) is 17.0. The van der Waals surface area contributed by atoms with Crippen LogP contribution in [0.4, 0.5) is 5.69 Å². The van der Waals surface area contributed by atoms with Crippen LogP contribution in [0.15, 0.2) is 36.7 Å². The molecule has 7 heteroatoms. The van der Waals surface area contributed by atoms with Crippen LogP contribution in [0.25, 0.3) is 0 Å². The van der Waals surface area contributed by atoms with Crippen molar-refractivity contribution >= 4 is 11.6 Å². The highest BCUT2D eigenvalue weighted by molar-refractivity contribution is 5.99. The van der Waals surface area contributed by atoms with Crippen molar-refractivity contribution in [1.82, 2.24) is 19.7 Å². The minimum atomic E-state index is -0.134. The standard InChI is InChI=1S/C17H21N5O2/c1-20-12-18-19-16(20)15-11-21(9-10-24-15)14-7-8-22(17(14)23)13-5-3-2-4-6-13/h2-6,12,14-15H,7-11H2,1H3/t14-,15+/m1/s1. The van der Waals surface area contributed by atoms with Gasteiger partial charge >= 0.3 is 0 Å². The van der Waals surface area contributed by atoms with Gasteiger partial charge in [0, 0.05) is 32.4 Å². The normalized spacial score (nSPS) is 25.4. The van der Waals surface area contributed by atoms with E-state index in [4.69, 9.17) is 4.74 Å². The average Bonchev–Trinajstić information content (AvgIpc) is 3.21. The second-order valence-electron chi connectivity index (χ2n) is 6.28. The fraction of sp³-hybridized carbons (Fsp3) is 0.471. The molecule has 7 nitrogen and oxygen atoms in total. The zero-order valence-corrected chi connectivity index (χ0v) is 13.7. The molecule has 4 rings (SSSR count). The Kier molecular flexibility index (Phi) is 4.03. The summed E-state index contributed by atoms with van der Waals surface area (Å²) in [5.74, 6) is 0.991. The maximum atomic E-state index is 12.9. The fourth-order valence-electron chi connectivity index (χ4n) is 3.56. The van der Waals surface area contributed by atoms with Gasteiger partial charge in [-0.3, -0.25) is 9.69 Å². The second kappa shape index (κ2) is 6.33. The van der Waals surface area contributed by atoms with Gasteiger partial charge in [-0.05, 0) is 18.6 Å². The third-order valence-corrected chi connectivity index (χ3v) is 4.82. The predicted molar refractivity (Wildman–Crippen MR) is 88.5 cm³/mol. The van der Waals surface area contributed by atoms with Gasteiger partial charge in [-0.25, -0.2) is 0 Å².